The lowest BCUT2D eigenvalue weighted by atomic mass is 10.0. The molecule has 7 heteroatoms. The molecule has 0 amide bonds. The average molecular weight is 285 g/mol. The van der Waals surface area contributed by atoms with Crippen LogP contribution in [0.25, 0.3) is 0 Å². The van der Waals surface area contributed by atoms with E-state index in [2.05, 4.69) is 10.2 Å². The van der Waals surface area contributed by atoms with Crippen molar-refractivity contribution in [2.45, 2.75) is 44.8 Å². The molecule has 1 N–H and O–H groups in total. The van der Waals surface area contributed by atoms with Crippen molar-refractivity contribution in [3.8, 4) is 0 Å². The van der Waals surface area contributed by atoms with Crippen LogP contribution >= 0.6 is 0 Å². The first kappa shape index (κ1) is 13.1. The molecule has 3 rings (SSSR count). The number of nitrogens with zero attached hydrogens (tertiary/aromatic N) is 3. The first-order valence-electron chi connectivity index (χ1n) is 6.85. The number of hydrogen-bond donors (Lipinski definition) is 1. The van der Waals surface area contributed by atoms with Gasteiger partial charge in [0.05, 0.1) is 11.5 Å². The molecule has 1 aromatic rings. The quantitative estimate of drug-likeness (QED) is 0.854. The third-order valence-electron chi connectivity index (χ3n) is 4.04. The Bertz CT molecular complexity index is 567. The average Bonchev–Trinajstić information content (AvgIpc) is 2.73. The second-order valence-electron chi connectivity index (χ2n) is 5.61. The Labute approximate surface area is 112 Å². The number of hydrogen-bond acceptors (Lipinski definition) is 5. The van der Waals surface area contributed by atoms with Gasteiger partial charge in [0.1, 0.15) is 11.9 Å². The van der Waals surface area contributed by atoms with Crippen LogP contribution in [0.1, 0.15) is 43.4 Å². The predicted octanol–water partition coefficient (Wildman–Crippen LogP) is 0.473. The molecule has 0 aliphatic carbocycles. The third-order valence-corrected chi connectivity index (χ3v) is 5.93. The smallest absolute Gasteiger partial charge is 0.161 e. The molecule has 0 saturated carbocycles. The van der Waals surface area contributed by atoms with E-state index in [4.69, 9.17) is 0 Å². The van der Waals surface area contributed by atoms with E-state index in [-0.39, 0.29) is 11.7 Å². The van der Waals surface area contributed by atoms with E-state index in [1.165, 1.54) is 0 Å². The summed E-state index contributed by atoms with van der Waals surface area (Å²) in [5.41, 5.74) is 0. The van der Waals surface area contributed by atoms with Crippen LogP contribution in [0.2, 0.25) is 0 Å². The van der Waals surface area contributed by atoms with Gasteiger partial charge in [-0.15, -0.1) is 10.2 Å². The molecule has 2 aliphatic rings. The van der Waals surface area contributed by atoms with Gasteiger partial charge in [-0.3, -0.25) is 0 Å². The Morgan fingerprint density at radius 3 is 2.89 bits per heavy atom. The molecule has 1 fully saturated rings. The summed E-state index contributed by atoms with van der Waals surface area (Å²) >= 11 is 0. The van der Waals surface area contributed by atoms with Crippen molar-refractivity contribution in [1.29, 1.82) is 0 Å². The summed E-state index contributed by atoms with van der Waals surface area (Å²) in [6.07, 6.45) is 3.46. The van der Waals surface area contributed by atoms with Crippen molar-refractivity contribution >= 4 is 9.84 Å². The second kappa shape index (κ2) is 4.86. The van der Waals surface area contributed by atoms with E-state index >= 15 is 0 Å². The van der Waals surface area contributed by atoms with Crippen LogP contribution in [-0.4, -0.2) is 39.8 Å². The van der Waals surface area contributed by atoms with Gasteiger partial charge in [-0.05, 0) is 31.6 Å². The largest absolute Gasteiger partial charge is 0.385 e. The SMILES string of the molecule is O=S1(=O)CCCC(Cc2nnc3n2CCCC3O)C1. The highest BCUT2D eigenvalue weighted by Gasteiger charge is 2.28. The van der Waals surface area contributed by atoms with E-state index in [9.17, 15) is 13.5 Å². The zero-order valence-corrected chi connectivity index (χ0v) is 11.6. The first-order chi connectivity index (χ1) is 9.05. The molecule has 0 spiro atoms. The summed E-state index contributed by atoms with van der Waals surface area (Å²) in [7, 11) is -2.87. The molecule has 0 aromatic carbocycles. The van der Waals surface area contributed by atoms with Gasteiger partial charge in [0.25, 0.3) is 0 Å². The molecule has 2 unspecified atom stereocenters. The summed E-state index contributed by atoms with van der Waals surface area (Å²) in [5.74, 6) is 2.19. The van der Waals surface area contributed by atoms with Crippen molar-refractivity contribution in [2.24, 2.45) is 5.92 Å². The minimum absolute atomic E-state index is 0.145. The van der Waals surface area contributed by atoms with Crippen molar-refractivity contribution in [1.82, 2.24) is 14.8 Å². The summed E-state index contributed by atoms with van der Waals surface area (Å²) < 4.78 is 25.3. The maximum Gasteiger partial charge on any atom is 0.161 e. The number of aliphatic hydroxyl groups excluding tert-OH is 1. The lowest BCUT2D eigenvalue weighted by Gasteiger charge is -2.23. The fourth-order valence-corrected chi connectivity index (χ4v) is 4.87. The molecule has 6 nitrogen and oxygen atoms in total. The zero-order valence-electron chi connectivity index (χ0n) is 10.8. The van der Waals surface area contributed by atoms with E-state index in [0.717, 1.165) is 38.1 Å². The van der Waals surface area contributed by atoms with Crippen LogP contribution in [0.3, 0.4) is 0 Å². The Morgan fingerprint density at radius 1 is 1.26 bits per heavy atom. The van der Waals surface area contributed by atoms with Gasteiger partial charge in [-0.2, -0.15) is 0 Å². The van der Waals surface area contributed by atoms with Crippen LogP contribution < -0.4 is 0 Å². The maximum atomic E-state index is 11.6. The van der Waals surface area contributed by atoms with Crippen molar-refractivity contribution in [3.05, 3.63) is 11.6 Å². The van der Waals surface area contributed by atoms with Crippen molar-refractivity contribution in [2.75, 3.05) is 11.5 Å². The van der Waals surface area contributed by atoms with E-state index in [1.807, 2.05) is 4.57 Å². The lowest BCUT2D eigenvalue weighted by Crippen LogP contribution is -2.28. The Morgan fingerprint density at radius 2 is 2.11 bits per heavy atom. The highest BCUT2D eigenvalue weighted by Crippen LogP contribution is 2.27. The summed E-state index contributed by atoms with van der Waals surface area (Å²) in [6, 6.07) is 0. The van der Waals surface area contributed by atoms with E-state index in [1.54, 1.807) is 0 Å². The second-order valence-corrected chi connectivity index (χ2v) is 7.84. The number of fused-ring (bicyclic) bond motifs is 1. The highest BCUT2D eigenvalue weighted by molar-refractivity contribution is 7.91. The molecular formula is C12H19N3O3S. The standard InChI is InChI=1S/C12H19N3O3S/c16-10-4-1-5-15-11(13-14-12(10)15)7-9-3-2-6-19(17,18)8-9/h9-10,16H,1-8H2. The molecule has 3 heterocycles. The lowest BCUT2D eigenvalue weighted by molar-refractivity contribution is 0.132. The molecular weight excluding hydrogens is 266 g/mol. The van der Waals surface area contributed by atoms with E-state index in [0.29, 0.717) is 18.0 Å². The Hall–Kier alpha value is -0.950. The van der Waals surface area contributed by atoms with Crippen LogP contribution in [0.4, 0.5) is 0 Å². The number of sulfone groups is 1. The molecule has 0 radical (unpaired) electrons. The van der Waals surface area contributed by atoms with Crippen molar-refractivity contribution in [3.63, 3.8) is 0 Å². The van der Waals surface area contributed by atoms with E-state index < -0.39 is 15.9 Å². The normalized spacial score (nSPS) is 29.9. The number of aliphatic hydroxyl groups is 1. The third kappa shape index (κ3) is 2.67. The topological polar surface area (TPSA) is 85.1 Å². The van der Waals surface area contributed by atoms with Crippen LogP contribution in [0, 0.1) is 5.92 Å². The minimum atomic E-state index is -2.87. The summed E-state index contributed by atoms with van der Waals surface area (Å²) in [6.45, 7) is 0.828. The van der Waals surface area contributed by atoms with Gasteiger partial charge in [0.15, 0.2) is 15.7 Å². The number of aromatic nitrogens is 3. The highest BCUT2D eigenvalue weighted by atomic mass is 32.2. The fourth-order valence-electron chi connectivity index (χ4n) is 3.10. The van der Waals surface area contributed by atoms with Gasteiger partial charge in [-0.1, -0.05) is 0 Å². The molecule has 0 bridgehead atoms. The van der Waals surface area contributed by atoms with Crippen molar-refractivity contribution < 1.29 is 13.5 Å². The first-order valence-corrected chi connectivity index (χ1v) is 8.68. The van der Waals surface area contributed by atoms with Crippen LogP contribution in [-0.2, 0) is 22.8 Å². The molecule has 2 aliphatic heterocycles. The van der Waals surface area contributed by atoms with Gasteiger partial charge in [0, 0.05) is 13.0 Å². The maximum absolute atomic E-state index is 11.6. The van der Waals surface area contributed by atoms with Gasteiger partial charge in [-0.25, -0.2) is 8.42 Å². The minimum Gasteiger partial charge on any atom is -0.385 e. The van der Waals surface area contributed by atoms with Gasteiger partial charge < -0.3 is 9.67 Å². The van der Waals surface area contributed by atoms with Gasteiger partial charge in [0.2, 0.25) is 0 Å². The molecule has 2 atom stereocenters. The Kier molecular flexibility index (Phi) is 3.34. The summed E-state index contributed by atoms with van der Waals surface area (Å²) in [5, 5.41) is 18.0. The van der Waals surface area contributed by atoms with Crippen LogP contribution in [0.15, 0.2) is 0 Å². The molecule has 106 valence electrons. The summed E-state index contributed by atoms with van der Waals surface area (Å²) in [4.78, 5) is 0. The Balaban J connectivity index is 1.77. The zero-order chi connectivity index (χ0) is 13.5. The van der Waals surface area contributed by atoms with Gasteiger partial charge >= 0.3 is 0 Å². The fraction of sp³-hybridized carbons (Fsp3) is 0.833. The molecule has 1 aromatic heterocycles. The monoisotopic (exact) mass is 285 g/mol. The molecule has 19 heavy (non-hydrogen) atoms. The van der Waals surface area contributed by atoms with Crippen LogP contribution in [0.5, 0.6) is 0 Å². The molecule has 1 saturated heterocycles. The predicted molar refractivity (Wildman–Crippen MR) is 69.3 cm³/mol. The number of rotatable bonds is 2.